The molecule has 0 radical (unpaired) electrons. The summed E-state index contributed by atoms with van der Waals surface area (Å²) in [4.78, 5) is 12.2. The van der Waals surface area contributed by atoms with E-state index in [2.05, 4.69) is 0 Å². The number of hydrogen-bond donors (Lipinski definition) is 3. The monoisotopic (exact) mass is 380 g/mol. The Kier molecular flexibility index (Phi) is 8.54. The Morgan fingerprint density at radius 1 is 1.30 bits per heavy atom. The van der Waals surface area contributed by atoms with Gasteiger partial charge in [-0.15, -0.1) is 0 Å². The van der Waals surface area contributed by atoms with Crippen LogP contribution in [0.15, 0.2) is 18.2 Å². The molecule has 1 aliphatic rings. The number of methoxy groups -OCH3 is 2. The Balaban J connectivity index is 1.69. The van der Waals surface area contributed by atoms with Gasteiger partial charge in [0.2, 0.25) is 0 Å². The van der Waals surface area contributed by atoms with Gasteiger partial charge in [0.05, 0.1) is 25.4 Å². The fraction of sp³-hybridized carbons (Fsp3) is 0.667. The summed E-state index contributed by atoms with van der Waals surface area (Å²) in [5.41, 5.74) is 0.947. The van der Waals surface area contributed by atoms with Crippen molar-refractivity contribution in [1.82, 2.24) is 0 Å². The fourth-order valence-corrected chi connectivity index (χ4v) is 3.75. The fourth-order valence-electron chi connectivity index (χ4n) is 3.75. The molecule has 0 amide bonds. The van der Waals surface area contributed by atoms with Gasteiger partial charge in [-0.3, -0.25) is 4.79 Å². The zero-order chi connectivity index (χ0) is 19.8. The molecule has 4 atom stereocenters. The maximum atomic E-state index is 12.2. The normalized spacial score (nSPS) is 23.8. The standard InChI is InChI=1S/C21H32O6/c1-26-20-11-14(5-9-18(20)24)3-7-16(22)13-17(23)8-4-15-6-10-19(25)21(12-15)27-2/h5,9,11,15-16,19,21-22,24-25H,3-4,6-8,10,12-13H2,1-2H3/t15-,16-,19+,21-/m0/s1. The molecule has 1 saturated carbocycles. The molecule has 1 aliphatic carbocycles. The largest absolute Gasteiger partial charge is 0.504 e. The molecule has 6 heteroatoms. The van der Waals surface area contributed by atoms with Crippen LogP contribution >= 0.6 is 0 Å². The van der Waals surface area contributed by atoms with Crippen molar-refractivity contribution in [3.63, 3.8) is 0 Å². The molecular weight excluding hydrogens is 348 g/mol. The van der Waals surface area contributed by atoms with Crippen molar-refractivity contribution in [1.29, 1.82) is 0 Å². The van der Waals surface area contributed by atoms with Gasteiger partial charge in [0.25, 0.3) is 0 Å². The predicted octanol–water partition coefficient (Wildman–Crippen LogP) is 2.61. The molecule has 1 aromatic carbocycles. The molecule has 1 fully saturated rings. The molecule has 1 aromatic rings. The highest BCUT2D eigenvalue weighted by atomic mass is 16.5. The highest BCUT2D eigenvalue weighted by Crippen LogP contribution is 2.30. The van der Waals surface area contributed by atoms with Crippen LogP contribution in [0.5, 0.6) is 11.5 Å². The van der Waals surface area contributed by atoms with Crippen LogP contribution in [-0.2, 0) is 16.0 Å². The number of carbonyl (C=O) groups is 1. The number of ether oxygens (including phenoxy) is 2. The second-order valence-electron chi connectivity index (χ2n) is 7.50. The van der Waals surface area contributed by atoms with E-state index in [9.17, 15) is 20.1 Å². The number of carbonyl (C=O) groups excluding carboxylic acids is 1. The molecule has 6 nitrogen and oxygen atoms in total. The Hall–Kier alpha value is -1.63. The summed E-state index contributed by atoms with van der Waals surface area (Å²) in [6, 6.07) is 5.10. The molecule has 0 aromatic heterocycles. The van der Waals surface area contributed by atoms with Crippen molar-refractivity contribution < 1.29 is 29.6 Å². The summed E-state index contributed by atoms with van der Waals surface area (Å²) in [6.45, 7) is 0. The first kappa shape index (κ1) is 21.7. The van der Waals surface area contributed by atoms with Gasteiger partial charge >= 0.3 is 0 Å². The third-order valence-electron chi connectivity index (χ3n) is 5.47. The summed E-state index contributed by atoms with van der Waals surface area (Å²) in [6.07, 6.45) is 3.73. The van der Waals surface area contributed by atoms with E-state index in [-0.39, 0.29) is 24.1 Å². The molecule has 2 rings (SSSR count). The van der Waals surface area contributed by atoms with Crippen molar-refractivity contribution in [3.8, 4) is 11.5 Å². The van der Waals surface area contributed by atoms with Crippen molar-refractivity contribution in [2.45, 2.75) is 69.7 Å². The number of hydrogen-bond acceptors (Lipinski definition) is 6. The Labute approximate surface area is 161 Å². The minimum Gasteiger partial charge on any atom is -0.504 e. The van der Waals surface area contributed by atoms with Crippen LogP contribution in [0.1, 0.15) is 50.5 Å². The molecule has 0 aliphatic heterocycles. The van der Waals surface area contributed by atoms with Crippen molar-refractivity contribution in [2.24, 2.45) is 5.92 Å². The molecule has 152 valence electrons. The summed E-state index contributed by atoms with van der Waals surface area (Å²) < 4.78 is 10.4. The van der Waals surface area contributed by atoms with Gasteiger partial charge in [-0.1, -0.05) is 6.07 Å². The van der Waals surface area contributed by atoms with E-state index in [0.717, 1.165) is 31.2 Å². The lowest BCUT2D eigenvalue weighted by Crippen LogP contribution is -2.35. The third kappa shape index (κ3) is 6.79. The molecule has 0 spiro atoms. The van der Waals surface area contributed by atoms with Crippen molar-refractivity contribution in [3.05, 3.63) is 23.8 Å². The topological polar surface area (TPSA) is 96.2 Å². The Bertz CT molecular complexity index is 602. The van der Waals surface area contributed by atoms with Crippen LogP contribution in [0.3, 0.4) is 0 Å². The molecule has 0 saturated heterocycles. The number of aromatic hydroxyl groups is 1. The highest BCUT2D eigenvalue weighted by Gasteiger charge is 2.29. The second kappa shape index (κ2) is 10.6. The van der Waals surface area contributed by atoms with Gasteiger partial charge < -0.3 is 24.8 Å². The number of aryl methyl sites for hydroxylation is 1. The Morgan fingerprint density at radius 2 is 2.07 bits per heavy atom. The van der Waals surface area contributed by atoms with Gasteiger partial charge in [-0.2, -0.15) is 0 Å². The van der Waals surface area contributed by atoms with Gasteiger partial charge in [0.1, 0.15) is 5.78 Å². The smallest absolute Gasteiger partial charge is 0.160 e. The van der Waals surface area contributed by atoms with E-state index in [1.54, 1.807) is 25.3 Å². The number of phenolic OH excluding ortho intramolecular Hbond substituents is 1. The molecule has 0 bridgehead atoms. The van der Waals surface area contributed by atoms with Crippen LogP contribution in [0.25, 0.3) is 0 Å². The minimum absolute atomic E-state index is 0.0749. The van der Waals surface area contributed by atoms with E-state index >= 15 is 0 Å². The first-order chi connectivity index (χ1) is 12.9. The van der Waals surface area contributed by atoms with Crippen LogP contribution in [0, 0.1) is 5.92 Å². The quantitative estimate of drug-likeness (QED) is 0.577. The number of aliphatic hydroxyl groups excluding tert-OH is 2. The van der Waals surface area contributed by atoms with Crippen LogP contribution < -0.4 is 4.74 Å². The van der Waals surface area contributed by atoms with Gasteiger partial charge in [0, 0.05) is 20.0 Å². The molecular formula is C21H32O6. The lowest BCUT2D eigenvalue weighted by molar-refractivity contribution is -0.121. The molecule has 3 N–H and O–H groups in total. The third-order valence-corrected chi connectivity index (χ3v) is 5.47. The zero-order valence-corrected chi connectivity index (χ0v) is 16.3. The van der Waals surface area contributed by atoms with Crippen molar-refractivity contribution >= 4 is 5.78 Å². The average molecular weight is 380 g/mol. The maximum Gasteiger partial charge on any atom is 0.160 e. The van der Waals surface area contributed by atoms with Crippen LogP contribution in [0.4, 0.5) is 0 Å². The van der Waals surface area contributed by atoms with E-state index in [1.807, 2.05) is 0 Å². The number of rotatable bonds is 10. The van der Waals surface area contributed by atoms with Crippen LogP contribution in [0.2, 0.25) is 0 Å². The lowest BCUT2D eigenvalue weighted by Gasteiger charge is -2.32. The number of aliphatic hydroxyl groups is 2. The predicted molar refractivity (Wildman–Crippen MR) is 102 cm³/mol. The van der Waals surface area contributed by atoms with Crippen molar-refractivity contribution in [2.75, 3.05) is 14.2 Å². The van der Waals surface area contributed by atoms with Crippen LogP contribution in [-0.4, -0.2) is 53.6 Å². The summed E-state index contributed by atoms with van der Waals surface area (Å²) >= 11 is 0. The second-order valence-corrected chi connectivity index (χ2v) is 7.50. The van der Waals surface area contributed by atoms with E-state index in [0.29, 0.717) is 30.9 Å². The molecule has 0 heterocycles. The lowest BCUT2D eigenvalue weighted by atomic mass is 9.82. The number of Topliss-reactive ketones (excluding diaryl/α,β-unsaturated/α-hetero) is 1. The minimum atomic E-state index is -0.669. The summed E-state index contributed by atoms with van der Waals surface area (Å²) in [5, 5.41) is 29.6. The van der Waals surface area contributed by atoms with Gasteiger partial charge in [0.15, 0.2) is 11.5 Å². The molecule has 27 heavy (non-hydrogen) atoms. The zero-order valence-electron chi connectivity index (χ0n) is 16.3. The van der Waals surface area contributed by atoms with E-state index < -0.39 is 12.2 Å². The maximum absolute atomic E-state index is 12.2. The van der Waals surface area contributed by atoms with Gasteiger partial charge in [-0.05, 0) is 62.1 Å². The first-order valence-electron chi connectivity index (χ1n) is 9.69. The highest BCUT2D eigenvalue weighted by molar-refractivity contribution is 5.78. The number of ketones is 1. The first-order valence-corrected chi connectivity index (χ1v) is 9.69. The SMILES string of the molecule is COc1cc(CC[C@H](O)CC(=O)CC[C@H]2CC[C@@H](O)[C@@H](OC)C2)ccc1O. The van der Waals surface area contributed by atoms with E-state index in [1.165, 1.54) is 7.11 Å². The van der Waals surface area contributed by atoms with E-state index in [4.69, 9.17) is 9.47 Å². The molecule has 0 unspecified atom stereocenters. The number of benzene rings is 1. The Morgan fingerprint density at radius 3 is 2.78 bits per heavy atom. The summed E-state index contributed by atoms with van der Waals surface area (Å²) in [7, 11) is 3.11. The average Bonchev–Trinajstić information content (AvgIpc) is 2.66. The number of phenols is 1. The summed E-state index contributed by atoms with van der Waals surface area (Å²) in [5.74, 6) is 0.961. The van der Waals surface area contributed by atoms with Gasteiger partial charge in [-0.25, -0.2) is 0 Å².